The number of furan rings is 1. The summed E-state index contributed by atoms with van der Waals surface area (Å²) in [6.07, 6.45) is 5.57. The summed E-state index contributed by atoms with van der Waals surface area (Å²) < 4.78 is 7.19. The smallest absolute Gasteiger partial charge is 0.262 e. The zero-order valence-corrected chi connectivity index (χ0v) is 15.6. The van der Waals surface area contributed by atoms with Gasteiger partial charge in [0.15, 0.2) is 5.16 Å². The molecule has 5 nitrogen and oxygen atoms in total. The van der Waals surface area contributed by atoms with Crippen molar-refractivity contribution in [2.45, 2.75) is 31.0 Å². The molecule has 0 saturated carbocycles. The lowest BCUT2D eigenvalue weighted by Crippen LogP contribution is -2.32. The molecule has 0 amide bonds. The Bertz CT molecular complexity index is 914. The van der Waals surface area contributed by atoms with Crippen molar-refractivity contribution in [2.24, 2.45) is 0 Å². The van der Waals surface area contributed by atoms with Crippen LogP contribution in [0.4, 0.5) is 0 Å². The number of thioether (sulfide) groups is 1. The number of hydrogen-bond donors (Lipinski definition) is 0. The summed E-state index contributed by atoms with van der Waals surface area (Å²) in [6, 6.07) is 11.3. The number of para-hydroxylation sites is 1. The lowest BCUT2D eigenvalue weighted by Gasteiger charge is -2.26. The minimum Gasteiger partial charge on any atom is -0.467 e. The van der Waals surface area contributed by atoms with Gasteiger partial charge in [-0.2, -0.15) is 0 Å². The first kappa shape index (κ1) is 17.4. The van der Waals surface area contributed by atoms with Crippen LogP contribution in [-0.4, -0.2) is 39.8 Å². The first-order valence-electron chi connectivity index (χ1n) is 9.18. The predicted octanol–water partition coefficient (Wildman–Crippen LogP) is 3.62. The van der Waals surface area contributed by atoms with Crippen molar-refractivity contribution in [2.75, 3.05) is 25.4 Å². The lowest BCUT2D eigenvalue weighted by molar-refractivity contribution is 0.242. The number of nitrogens with zero attached hydrogens (tertiary/aromatic N) is 3. The van der Waals surface area contributed by atoms with E-state index in [0.717, 1.165) is 28.7 Å². The van der Waals surface area contributed by atoms with Gasteiger partial charge in [0.1, 0.15) is 5.76 Å². The van der Waals surface area contributed by atoms with Gasteiger partial charge in [-0.15, -0.1) is 0 Å². The molecule has 26 heavy (non-hydrogen) atoms. The minimum atomic E-state index is -0.00697. The molecule has 0 bridgehead atoms. The van der Waals surface area contributed by atoms with Crippen LogP contribution in [0.15, 0.2) is 57.0 Å². The molecule has 0 spiro atoms. The SMILES string of the molecule is O=c1c2ccccc2nc(SCCN2CCCCC2)n1Cc1ccco1. The average molecular weight is 369 g/mol. The maximum absolute atomic E-state index is 13.0. The number of likely N-dealkylation sites (tertiary alicyclic amines) is 1. The Hall–Kier alpha value is -2.05. The van der Waals surface area contributed by atoms with E-state index in [1.165, 1.54) is 32.4 Å². The van der Waals surface area contributed by atoms with Crippen LogP contribution in [0.3, 0.4) is 0 Å². The van der Waals surface area contributed by atoms with Crippen molar-refractivity contribution < 1.29 is 4.42 Å². The molecule has 6 heteroatoms. The molecule has 1 saturated heterocycles. The summed E-state index contributed by atoms with van der Waals surface area (Å²) in [4.78, 5) is 20.3. The van der Waals surface area contributed by atoms with E-state index in [9.17, 15) is 4.79 Å². The van der Waals surface area contributed by atoms with Gasteiger partial charge in [0.05, 0.1) is 23.7 Å². The van der Waals surface area contributed by atoms with E-state index in [-0.39, 0.29) is 5.56 Å². The number of benzene rings is 1. The van der Waals surface area contributed by atoms with Crippen LogP contribution in [0.5, 0.6) is 0 Å². The molecule has 4 rings (SSSR count). The largest absolute Gasteiger partial charge is 0.467 e. The number of aromatic nitrogens is 2. The molecule has 1 aromatic carbocycles. The molecule has 3 heterocycles. The van der Waals surface area contributed by atoms with Crippen molar-refractivity contribution in [3.63, 3.8) is 0 Å². The molecule has 3 aromatic rings. The first-order chi connectivity index (χ1) is 12.8. The van der Waals surface area contributed by atoms with Crippen LogP contribution < -0.4 is 5.56 Å². The molecule has 2 aromatic heterocycles. The van der Waals surface area contributed by atoms with Crippen molar-refractivity contribution in [1.82, 2.24) is 14.5 Å². The fourth-order valence-corrected chi connectivity index (χ4v) is 4.40. The molecular weight excluding hydrogens is 346 g/mol. The zero-order valence-electron chi connectivity index (χ0n) is 14.8. The fraction of sp³-hybridized carbons (Fsp3) is 0.400. The van der Waals surface area contributed by atoms with Crippen LogP contribution in [0.1, 0.15) is 25.0 Å². The van der Waals surface area contributed by atoms with E-state index < -0.39 is 0 Å². The van der Waals surface area contributed by atoms with Gasteiger partial charge >= 0.3 is 0 Å². The third kappa shape index (κ3) is 3.86. The van der Waals surface area contributed by atoms with Crippen molar-refractivity contribution in [3.8, 4) is 0 Å². The second-order valence-electron chi connectivity index (χ2n) is 6.63. The Morgan fingerprint density at radius 1 is 1.08 bits per heavy atom. The van der Waals surface area contributed by atoms with Gasteiger partial charge in [-0.1, -0.05) is 30.3 Å². The van der Waals surface area contributed by atoms with Gasteiger partial charge < -0.3 is 9.32 Å². The lowest BCUT2D eigenvalue weighted by atomic mass is 10.1. The van der Waals surface area contributed by atoms with Crippen molar-refractivity contribution in [1.29, 1.82) is 0 Å². The molecule has 0 N–H and O–H groups in total. The Balaban J connectivity index is 1.59. The molecule has 0 aliphatic carbocycles. The van der Waals surface area contributed by atoms with Crippen LogP contribution in [0, 0.1) is 0 Å². The van der Waals surface area contributed by atoms with Crippen LogP contribution in [-0.2, 0) is 6.54 Å². The third-order valence-electron chi connectivity index (χ3n) is 4.81. The Kier molecular flexibility index (Phi) is 5.41. The molecule has 1 aliphatic rings. The normalized spacial score (nSPS) is 15.5. The maximum Gasteiger partial charge on any atom is 0.262 e. The van der Waals surface area contributed by atoms with Gasteiger partial charge in [0.25, 0.3) is 5.56 Å². The monoisotopic (exact) mass is 369 g/mol. The quantitative estimate of drug-likeness (QED) is 0.491. The Labute approximate surface area is 157 Å². The highest BCUT2D eigenvalue weighted by Gasteiger charge is 2.14. The van der Waals surface area contributed by atoms with Crippen molar-refractivity contribution >= 4 is 22.7 Å². The van der Waals surface area contributed by atoms with Crippen molar-refractivity contribution in [3.05, 3.63) is 58.8 Å². The Morgan fingerprint density at radius 3 is 2.73 bits per heavy atom. The highest BCUT2D eigenvalue weighted by molar-refractivity contribution is 7.99. The average Bonchev–Trinajstić information content (AvgIpc) is 3.19. The number of rotatable bonds is 6. The second kappa shape index (κ2) is 8.10. The van der Waals surface area contributed by atoms with Gasteiger partial charge in [0.2, 0.25) is 0 Å². The topological polar surface area (TPSA) is 51.3 Å². The van der Waals surface area contributed by atoms with Gasteiger partial charge in [-0.05, 0) is 50.2 Å². The predicted molar refractivity (Wildman–Crippen MR) is 105 cm³/mol. The van der Waals surface area contributed by atoms with E-state index >= 15 is 0 Å². The van der Waals surface area contributed by atoms with Gasteiger partial charge in [0, 0.05) is 12.3 Å². The summed E-state index contributed by atoms with van der Waals surface area (Å²) in [7, 11) is 0. The van der Waals surface area contributed by atoms with E-state index in [1.807, 2.05) is 36.4 Å². The molecular formula is C20H23N3O2S. The second-order valence-corrected chi connectivity index (χ2v) is 7.70. The van der Waals surface area contributed by atoms with E-state index in [1.54, 1.807) is 22.6 Å². The van der Waals surface area contributed by atoms with Crippen LogP contribution in [0.2, 0.25) is 0 Å². The summed E-state index contributed by atoms with van der Waals surface area (Å²) in [6.45, 7) is 3.82. The van der Waals surface area contributed by atoms with Gasteiger partial charge in [-0.25, -0.2) is 4.98 Å². The molecule has 1 aliphatic heterocycles. The van der Waals surface area contributed by atoms with Crippen LogP contribution in [0.25, 0.3) is 10.9 Å². The molecule has 1 fully saturated rings. The molecule has 136 valence electrons. The minimum absolute atomic E-state index is 0.00697. The van der Waals surface area contributed by atoms with E-state index in [2.05, 4.69) is 4.90 Å². The standard InChI is InChI=1S/C20H23N3O2S/c24-19-17-8-2-3-9-18(17)21-20(23(19)15-16-7-6-13-25-16)26-14-12-22-10-4-1-5-11-22/h2-3,6-9,13H,1,4-5,10-12,14-15H2. The van der Waals surface area contributed by atoms with E-state index in [0.29, 0.717) is 11.9 Å². The fourth-order valence-electron chi connectivity index (χ4n) is 3.40. The highest BCUT2D eigenvalue weighted by atomic mass is 32.2. The molecule has 0 radical (unpaired) electrons. The molecule has 0 atom stereocenters. The highest BCUT2D eigenvalue weighted by Crippen LogP contribution is 2.20. The van der Waals surface area contributed by atoms with E-state index in [4.69, 9.17) is 9.40 Å². The summed E-state index contributed by atoms with van der Waals surface area (Å²) in [5, 5.41) is 1.42. The van der Waals surface area contributed by atoms with Gasteiger partial charge in [-0.3, -0.25) is 9.36 Å². The third-order valence-corrected chi connectivity index (χ3v) is 5.76. The molecule has 0 unspecified atom stereocenters. The summed E-state index contributed by atoms with van der Waals surface area (Å²) in [5.74, 6) is 1.70. The van der Waals surface area contributed by atoms with Crippen LogP contribution >= 0.6 is 11.8 Å². The number of fused-ring (bicyclic) bond motifs is 1. The number of piperidine rings is 1. The first-order valence-corrected chi connectivity index (χ1v) is 10.2. The summed E-state index contributed by atoms with van der Waals surface area (Å²) >= 11 is 1.66. The summed E-state index contributed by atoms with van der Waals surface area (Å²) in [5.41, 5.74) is 0.751. The zero-order chi connectivity index (χ0) is 17.8. The number of hydrogen-bond acceptors (Lipinski definition) is 5. The Morgan fingerprint density at radius 2 is 1.92 bits per heavy atom. The maximum atomic E-state index is 13.0.